The predicted molar refractivity (Wildman–Crippen MR) is 80.5 cm³/mol. The summed E-state index contributed by atoms with van der Waals surface area (Å²) in [5.41, 5.74) is 6.66. The van der Waals surface area contributed by atoms with Gasteiger partial charge >= 0.3 is 0 Å². The molecule has 0 fully saturated rings. The van der Waals surface area contributed by atoms with E-state index in [1.807, 2.05) is 41.5 Å². The number of carbonyl (C=O) groups is 1. The number of hydrogen-bond donors (Lipinski definition) is 1. The van der Waals surface area contributed by atoms with Crippen LogP contribution in [-0.4, -0.2) is 5.91 Å². The molecule has 2 aromatic rings. The molecule has 0 bridgehead atoms. The van der Waals surface area contributed by atoms with Crippen LogP contribution in [0.3, 0.4) is 0 Å². The number of primary amides is 1. The summed E-state index contributed by atoms with van der Waals surface area (Å²) in [4.78, 5) is 21.2. The molecule has 0 aromatic carbocycles. The SMILES string of the molecule is NC(=O)c1cc[n+](CCCC[n+]2ccc(CN=O)cc2)cc1. The minimum Gasteiger partial charge on any atom is -0.366 e. The third-order valence-corrected chi connectivity index (χ3v) is 3.47. The number of amides is 1. The molecule has 0 aliphatic heterocycles. The molecule has 6 heteroatoms. The topological polar surface area (TPSA) is 80.3 Å². The monoisotopic (exact) mass is 300 g/mol. The van der Waals surface area contributed by atoms with Gasteiger partial charge < -0.3 is 5.73 Å². The summed E-state index contributed by atoms with van der Waals surface area (Å²) >= 11 is 0. The fraction of sp³-hybridized carbons (Fsp3) is 0.312. The molecule has 0 saturated heterocycles. The van der Waals surface area contributed by atoms with Crippen LogP contribution in [0.15, 0.2) is 54.2 Å². The lowest BCUT2D eigenvalue weighted by Crippen LogP contribution is -2.35. The van der Waals surface area contributed by atoms with Gasteiger partial charge in [-0.25, -0.2) is 9.13 Å². The quantitative estimate of drug-likeness (QED) is 0.450. The molecular formula is C16H20N4O2+2. The zero-order valence-electron chi connectivity index (χ0n) is 12.4. The van der Waals surface area contributed by atoms with E-state index in [1.54, 1.807) is 12.1 Å². The molecule has 2 N–H and O–H groups in total. The van der Waals surface area contributed by atoms with E-state index in [-0.39, 0.29) is 6.54 Å². The second kappa shape index (κ2) is 7.97. The number of pyridine rings is 2. The summed E-state index contributed by atoms with van der Waals surface area (Å²) in [6, 6.07) is 7.30. The number of rotatable bonds is 8. The van der Waals surface area contributed by atoms with E-state index in [4.69, 9.17) is 5.73 Å². The van der Waals surface area contributed by atoms with E-state index in [2.05, 4.69) is 9.74 Å². The Morgan fingerprint density at radius 2 is 1.45 bits per heavy atom. The Morgan fingerprint density at radius 1 is 0.955 bits per heavy atom. The molecular weight excluding hydrogens is 280 g/mol. The number of nitrogens with zero attached hydrogens (tertiary/aromatic N) is 3. The molecule has 6 nitrogen and oxygen atoms in total. The van der Waals surface area contributed by atoms with E-state index in [0.717, 1.165) is 31.5 Å². The largest absolute Gasteiger partial charge is 0.366 e. The highest BCUT2D eigenvalue weighted by Crippen LogP contribution is 1.98. The van der Waals surface area contributed by atoms with Gasteiger partial charge in [-0.3, -0.25) is 4.79 Å². The first-order valence-electron chi connectivity index (χ1n) is 7.25. The highest BCUT2D eigenvalue weighted by Gasteiger charge is 2.06. The molecule has 0 unspecified atom stereocenters. The van der Waals surface area contributed by atoms with Gasteiger partial charge in [0.2, 0.25) is 5.91 Å². The fourth-order valence-electron chi connectivity index (χ4n) is 2.18. The predicted octanol–water partition coefficient (Wildman–Crippen LogP) is 1.11. The first kappa shape index (κ1) is 15.8. The third-order valence-electron chi connectivity index (χ3n) is 3.47. The summed E-state index contributed by atoms with van der Waals surface area (Å²) in [5.74, 6) is -0.406. The normalized spacial score (nSPS) is 10.4. The lowest BCUT2D eigenvalue weighted by atomic mass is 10.2. The van der Waals surface area contributed by atoms with Crippen LogP contribution in [0.4, 0.5) is 0 Å². The number of hydrogen-bond acceptors (Lipinski definition) is 3. The molecule has 0 saturated carbocycles. The van der Waals surface area contributed by atoms with Crippen LogP contribution in [0.25, 0.3) is 0 Å². The second-order valence-electron chi connectivity index (χ2n) is 5.13. The van der Waals surface area contributed by atoms with Crippen LogP contribution in [-0.2, 0) is 19.6 Å². The van der Waals surface area contributed by atoms with E-state index >= 15 is 0 Å². The molecule has 22 heavy (non-hydrogen) atoms. The number of nitroso groups, excluding NO2 is 1. The average molecular weight is 300 g/mol. The Hall–Kier alpha value is -2.63. The van der Waals surface area contributed by atoms with Crippen LogP contribution in [0, 0.1) is 4.91 Å². The number of carbonyl (C=O) groups excluding carboxylic acids is 1. The van der Waals surface area contributed by atoms with Crippen molar-refractivity contribution in [3.8, 4) is 0 Å². The lowest BCUT2D eigenvalue weighted by Gasteiger charge is -1.99. The van der Waals surface area contributed by atoms with Gasteiger partial charge in [0, 0.05) is 37.1 Å². The smallest absolute Gasteiger partial charge is 0.249 e. The highest BCUT2D eigenvalue weighted by atomic mass is 16.3. The fourth-order valence-corrected chi connectivity index (χ4v) is 2.18. The molecule has 0 atom stereocenters. The summed E-state index contributed by atoms with van der Waals surface area (Å²) in [5, 5.41) is 2.87. The Morgan fingerprint density at radius 3 is 1.91 bits per heavy atom. The van der Waals surface area contributed by atoms with E-state index in [0.29, 0.717) is 5.56 Å². The van der Waals surface area contributed by atoms with E-state index in [1.165, 1.54) is 0 Å². The van der Waals surface area contributed by atoms with E-state index in [9.17, 15) is 9.70 Å². The van der Waals surface area contributed by atoms with Crippen LogP contribution in [0.5, 0.6) is 0 Å². The van der Waals surface area contributed by atoms with Crippen molar-refractivity contribution in [2.24, 2.45) is 10.9 Å². The Bertz CT molecular complexity index is 624. The Kier molecular flexibility index (Phi) is 5.71. The van der Waals surface area contributed by atoms with Gasteiger partial charge in [-0.1, -0.05) is 5.18 Å². The van der Waals surface area contributed by atoms with Crippen LogP contribution in [0.1, 0.15) is 28.8 Å². The van der Waals surface area contributed by atoms with Crippen molar-refractivity contribution in [2.45, 2.75) is 32.5 Å². The van der Waals surface area contributed by atoms with Gasteiger partial charge in [-0.2, -0.15) is 4.91 Å². The van der Waals surface area contributed by atoms with Gasteiger partial charge in [-0.05, 0) is 5.56 Å². The first-order chi connectivity index (χ1) is 10.7. The van der Waals surface area contributed by atoms with Crippen molar-refractivity contribution in [3.05, 3.63) is 65.1 Å². The second-order valence-corrected chi connectivity index (χ2v) is 5.13. The highest BCUT2D eigenvalue weighted by molar-refractivity contribution is 5.92. The molecule has 0 aliphatic carbocycles. The zero-order valence-corrected chi connectivity index (χ0v) is 12.4. The van der Waals surface area contributed by atoms with Crippen molar-refractivity contribution < 1.29 is 13.9 Å². The lowest BCUT2D eigenvalue weighted by molar-refractivity contribution is -0.708. The molecule has 0 spiro atoms. The molecule has 2 heterocycles. The zero-order chi connectivity index (χ0) is 15.8. The minimum absolute atomic E-state index is 0.221. The number of nitrogens with two attached hydrogens (primary N) is 1. The van der Waals surface area contributed by atoms with Gasteiger partial charge in [0.25, 0.3) is 0 Å². The minimum atomic E-state index is -0.406. The van der Waals surface area contributed by atoms with Crippen LogP contribution in [0.2, 0.25) is 0 Å². The third kappa shape index (κ3) is 4.73. The Labute approximate surface area is 129 Å². The summed E-state index contributed by atoms with van der Waals surface area (Å²) < 4.78 is 4.13. The molecule has 0 radical (unpaired) electrons. The standard InChI is InChI=1S/C16H19N4O2/c17-16(21)15-5-11-20(12-6-15)8-2-1-7-19-9-3-14(4-10-19)13-18-22/h3-6,9-12H,1-2,7-8,13H2,(H-,17,21)/q+1/p+1. The maximum atomic E-state index is 11.0. The number of unbranched alkanes of at least 4 members (excludes halogenated alkanes) is 1. The van der Waals surface area contributed by atoms with Crippen molar-refractivity contribution >= 4 is 5.91 Å². The van der Waals surface area contributed by atoms with Crippen molar-refractivity contribution in [1.82, 2.24) is 0 Å². The van der Waals surface area contributed by atoms with Crippen molar-refractivity contribution in [3.63, 3.8) is 0 Å². The molecule has 0 aliphatic rings. The number of aromatic nitrogens is 2. The summed E-state index contributed by atoms with van der Waals surface area (Å²) in [7, 11) is 0. The van der Waals surface area contributed by atoms with Gasteiger partial charge in [0.1, 0.15) is 19.6 Å². The summed E-state index contributed by atoms with van der Waals surface area (Å²) in [6.45, 7) is 2.04. The maximum Gasteiger partial charge on any atom is 0.249 e. The molecule has 1 amide bonds. The van der Waals surface area contributed by atoms with E-state index < -0.39 is 5.91 Å². The molecule has 2 aromatic heterocycles. The summed E-state index contributed by atoms with van der Waals surface area (Å²) in [6.07, 6.45) is 9.75. The van der Waals surface area contributed by atoms with Gasteiger partial charge in [-0.15, -0.1) is 0 Å². The van der Waals surface area contributed by atoms with Crippen molar-refractivity contribution in [2.75, 3.05) is 0 Å². The van der Waals surface area contributed by atoms with Crippen LogP contribution < -0.4 is 14.9 Å². The van der Waals surface area contributed by atoms with Crippen molar-refractivity contribution in [1.29, 1.82) is 0 Å². The van der Waals surface area contributed by atoms with Gasteiger partial charge in [0.15, 0.2) is 24.8 Å². The Balaban J connectivity index is 1.74. The van der Waals surface area contributed by atoms with Crippen LogP contribution >= 0.6 is 0 Å². The number of aryl methyl sites for hydroxylation is 2. The van der Waals surface area contributed by atoms with Gasteiger partial charge in [0.05, 0.1) is 5.56 Å². The maximum absolute atomic E-state index is 11.0. The first-order valence-corrected chi connectivity index (χ1v) is 7.25. The molecule has 114 valence electrons. The average Bonchev–Trinajstić information content (AvgIpc) is 2.54. The molecule has 2 rings (SSSR count).